The van der Waals surface area contributed by atoms with E-state index in [-0.39, 0.29) is 17.3 Å². The molecule has 21 heavy (non-hydrogen) atoms. The third-order valence-electron chi connectivity index (χ3n) is 3.80. The van der Waals surface area contributed by atoms with Crippen molar-refractivity contribution in [3.8, 4) is 0 Å². The number of benzene rings is 1. The van der Waals surface area contributed by atoms with Crippen LogP contribution in [0, 0.1) is 0 Å². The van der Waals surface area contributed by atoms with Gasteiger partial charge < -0.3 is 10.6 Å². The lowest BCUT2D eigenvalue weighted by atomic mass is 9.95. The molecule has 0 heterocycles. The fraction of sp³-hybridized carbons (Fsp3) is 0.533. The maximum absolute atomic E-state index is 13.0. The predicted molar refractivity (Wildman–Crippen MR) is 75.3 cm³/mol. The molecule has 1 aliphatic rings. The summed E-state index contributed by atoms with van der Waals surface area (Å²) in [6, 6.07) is 3.72. The van der Waals surface area contributed by atoms with Gasteiger partial charge in [-0.25, -0.2) is 0 Å². The number of amides is 1. The number of alkyl halides is 3. The summed E-state index contributed by atoms with van der Waals surface area (Å²) in [6.07, 6.45) is 0.537. The third kappa shape index (κ3) is 3.68. The van der Waals surface area contributed by atoms with E-state index in [1.165, 1.54) is 19.2 Å². The van der Waals surface area contributed by atoms with Crippen molar-refractivity contribution >= 4 is 11.6 Å². The van der Waals surface area contributed by atoms with E-state index in [4.69, 9.17) is 0 Å². The maximum atomic E-state index is 13.0. The minimum Gasteiger partial charge on any atom is -0.387 e. The van der Waals surface area contributed by atoms with Crippen LogP contribution >= 0.6 is 0 Å². The standard InChI is InChI=1S/C15H19F3N2O/c1-19-13-11(8-5-9-12(13)15(16,17)18)14(21)20-10-6-3-2-4-7-10/h5,8-10,19H,2-4,6-7H2,1H3,(H,20,21). The SMILES string of the molecule is CNc1c(C(=O)NC2CCCCC2)cccc1C(F)(F)F. The van der Waals surface area contributed by atoms with Gasteiger partial charge >= 0.3 is 6.18 Å². The Bertz CT molecular complexity index is 508. The molecule has 0 atom stereocenters. The second kappa shape index (κ2) is 6.37. The molecule has 1 aromatic rings. The number of carbonyl (C=O) groups excluding carboxylic acids is 1. The van der Waals surface area contributed by atoms with Gasteiger partial charge in [0.05, 0.1) is 16.8 Å². The number of halogens is 3. The molecule has 2 rings (SSSR count). The van der Waals surface area contributed by atoms with Gasteiger partial charge in [-0.15, -0.1) is 0 Å². The first kappa shape index (κ1) is 15.7. The molecule has 6 heteroatoms. The van der Waals surface area contributed by atoms with Gasteiger partial charge in [-0.3, -0.25) is 4.79 Å². The van der Waals surface area contributed by atoms with Gasteiger partial charge in [-0.2, -0.15) is 13.2 Å². The van der Waals surface area contributed by atoms with E-state index in [1.54, 1.807) is 0 Å². The van der Waals surface area contributed by atoms with Crippen LogP contribution in [-0.4, -0.2) is 19.0 Å². The predicted octanol–water partition coefficient (Wildman–Crippen LogP) is 3.81. The molecular formula is C15H19F3N2O. The Morgan fingerprint density at radius 2 is 1.86 bits per heavy atom. The summed E-state index contributed by atoms with van der Waals surface area (Å²) in [6.45, 7) is 0. The fourth-order valence-corrected chi connectivity index (χ4v) is 2.76. The van der Waals surface area contributed by atoms with E-state index in [2.05, 4.69) is 10.6 Å². The quantitative estimate of drug-likeness (QED) is 0.891. The number of rotatable bonds is 3. The zero-order valence-corrected chi connectivity index (χ0v) is 11.9. The molecule has 0 spiro atoms. The van der Waals surface area contributed by atoms with Crippen molar-refractivity contribution in [1.29, 1.82) is 0 Å². The van der Waals surface area contributed by atoms with Gasteiger partial charge in [0.1, 0.15) is 0 Å². The molecule has 0 saturated heterocycles. The summed E-state index contributed by atoms with van der Waals surface area (Å²) >= 11 is 0. The first-order valence-corrected chi connectivity index (χ1v) is 7.12. The van der Waals surface area contributed by atoms with E-state index in [0.717, 1.165) is 38.2 Å². The minimum atomic E-state index is -4.49. The van der Waals surface area contributed by atoms with Crippen LogP contribution in [-0.2, 0) is 6.18 Å². The average Bonchev–Trinajstić information content (AvgIpc) is 2.46. The number of para-hydroxylation sites is 1. The van der Waals surface area contributed by atoms with Crippen molar-refractivity contribution in [2.24, 2.45) is 0 Å². The number of hydrogen-bond donors (Lipinski definition) is 2. The summed E-state index contributed by atoms with van der Waals surface area (Å²) in [4.78, 5) is 12.3. The lowest BCUT2D eigenvalue weighted by Crippen LogP contribution is -2.36. The van der Waals surface area contributed by atoms with Gasteiger partial charge in [0.15, 0.2) is 0 Å². The number of hydrogen-bond acceptors (Lipinski definition) is 2. The highest BCUT2D eigenvalue weighted by Crippen LogP contribution is 2.36. The minimum absolute atomic E-state index is 0.0397. The average molecular weight is 300 g/mol. The Morgan fingerprint density at radius 3 is 2.43 bits per heavy atom. The van der Waals surface area contributed by atoms with Crippen molar-refractivity contribution in [3.05, 3.63) is 29.3 Å². The van der Waals surface area contributed by atoms with E-state index >= 15 is 0 Å². The van der Waals surface area contributed by atoms with Crippen LogP contribution < -0.4 is 10.6 Å². The summed E-state index contributed by atoms with van der Waals surface area (Å²) in [7, 11) is 1.39. The Kier molecular flexibility index (Phi) is 4.75. The van der Waals surface area contributed by atoms with Gasteiger partial charge in [0, 0.05) is 13.1 Å². The number of carbonyl (C=O) groups is 1. The fourth-order valence-electron chi connectivity index (χ4n) is 2.76. The topological polar surface area (TPSA) is 41.1 Å². The summed E-state index contributed by atoms with van der Waals surface area (Å²) in [5.41, 5.74) is -0.947. The van der Waals surface area contributed by atoms with E-state index in [0.29, 0.717) is 0 Å². The molecule has 0 bridgehead atoms. The molecule has 0 aromatic heterocycles. The summed E-state index contributed by atoms with van der Waals surface area (Å²) in [5.74, 6) is -0.447. The zero-order valence-electron chi connectivity index (χ0n) is 11.9. The monoisotopic (exact) mass is 300 g/mol. The molecule has 1 saturated carbocycles. The lowest BCUT2D eigenvalue weighted by Gasteiger charge is -2.24. The Morgan fingerprint density at radius 1 is 1.19 bits per heavy atom. The highest BCUT2D eigenvalue weighted by molar-refractivity contribution is 6.00. The molecular weight excluding hydrogens is 281 g/mol. The van der Waals surface area contributed by atoms with E-state index < -0.39 is 17.6 Å². The normalized spacial score (nSPS) is 16.6. The Labute approximate surface area is 121 Å². The van der Waals surface area contributed by atoms with Gasteiger partial charge in [0.2, 0.25) is 0 Å². The second-order valence-corrected chi connectivity index (χ2v) is 5.28. The van der Waals surface area contributed by atoms with Crippen molar-refractivity contribution in [3.63, 3.8) is 0 Å². The van der Waals surface area contributed by atoms with Crippen LogP contribution in [0.25, 0.3) is 0 Å². The molecule has 0 unspecified atom stereocenters. The number of nitrogens with one attached hydrogen (secondary N) is 2. The molecule has 1 aromatic carbocycles. The molecule has 3 nitrogen and oxygen atoms in total. The first-order valence-electron chi connectivity index (χ1n) is 7.12. The highest BCUT2D eigenvalue weighted by atomic mass is 19.4. The largest absolute Gasteiger partial charge is 0.418 e. The smallest absolute Gasteiger partial charge is 0.387 e. The van der Waals surface area contributed by atoms with E-state index in [9.17, 15) is 18.0 Å². The van der Waals surface area contributed by atoms with Crippen molar-refractivity contribution < 1.29 is 18.0 Å². The van der Waals surface area contributed by atoms with Crippen molar-refractivity contribution in [2.45, 2.75) is 44.3 Å². The zero-order chi connectivity index (χ0) is 15.5. The van der Waals surface area contributed by atoms with Crippen LogP contribution in [0.15, 0.2) is 18.2 Å². The van der Waals surface area contributed by atoms with Crippen LogP contribution in [0.3, 0.4) is 0 Å². The summed E-state index contributed by atoms with van der Waals surface area (Å²) in [5, 5.41) is 5.35. The summed E-state index contributed by atoms with van der Waals surface area (Å²) < 4.78 is 38.9. The van der Waals surface area contributed by atoms with Gasteiger partial charge in [-0.05, 0) is 25.0 Å². The van der Waals surface area contributed by atoms with Crippen LogP contribution in [0.4, 0.5) is 18.9 Å². The Hall–Kier alpha value is -1.72. The van der Waals surface area contributed by atoms with Crippen molar-refractivity contribution in [1.82, 2.24) is 5.32 Å². The highest BCUT2D eigenvalue weighted by Gasteiger charge is 2.35. The lowest BCUT2D eigenvalue weighted by molar-refractivity contribution is -0.136. The van der Waals surface area contributed by atoms with Crippen LogP contribution in [0.1, 0.15) is 48.0 Å². The molecule has 0 aliphatic heterocycles. The first-order chi connectivity index (χ1) is 9.93. The maximum Gasteiger partial charge on any atom is 0.418 e. The van der Waals surface area contributed by atoms with E-state index in [1.807, 2.05) is 0 Å². The third-order valence-corrected chi connectivity index (χ3v) is 3.80. The second-order valence-electron chi connectivity index (χ2n) is 5.28. The van der Waals surface area contributed by atoms with Gasteiger partial charge in [-0.1, -0.05) is 25.3 Å². The Balaban J connectivity index is 2.24. The molecule has 1 amide bonds. The molecule has 0 radical (unpaired) electrons. The van der Waals surface area contributed by atoms with Crippen LogP contribution in [0.5, 0.6) is 0 Å². The van der Waals surface area contributed by atoms with Crippen LogP contribution in [0.2, 0.25) is 0 Å². The molecule has 2 N–H and O–H groups in total. The molecule has 1 aliphatic carbocycles. The van der Waals surface area contributed by atoms with Gasteiger partial charge in [0.25, 0.3) is 5.91 Å². The number of anilines is 1. The molecule has 1 fully saturated rings. The molecule has 116 valence electrons. The van der Waals surface area contributed by atoms with Crippen molar-refractivity contribution in [2.75, 3.05) is 12.4 Å².